The highest BCUT2D eigenvalue weighted by molar-refractivity contribution is 5.13. The molecule has 1 rings (SSSR count). The Labute approximate surface area is 67.4 Å². The summed E-state index contributed by atoms with van der Waals surface area (Å²) in [5, 5.41) is 1.54. The van der Waals surface area contributed by atoms with E-state index >= 15 is 0 Å². The first-order valence-electron chi connectivity index (χ1n) is 3.49. The van der Waals surface area contributed by atoms with Crippen LogP contribution in [-0.2, 0) is 11.4 Å². The quantitative estimate of drug-likeness (QED) is 0.609. The van der Waals surface area contributed by atoms with Crippen LogP contribution in [0.1, 0.15) is 5.56 Å². The second-order valence-corrected chi connectivity index (χ2v) is 2.31. The number of hydroxylamine groups is 2. The molecule has 0 amide bonds. The molecule has 0 aliphatic carbocycles. The van der Waals surface area contributed by atoms with Crippen molar-refractivity contribution in [2.75, 3.05) is 7.11 Å². The van der Waals surface area contributed by atoms with Crippen molar-refractivity contribution in [3.05, 3.63) is 42.9 Å². The standard InChI is InChI=1S/C9H12NO/c1-10(11-2)8-9-6-4-3-5-7-9/h3-7H,1,8H2,2H3. The summed E-state index contributed by atoms with van der Waals surface area (Å²) in [4.78, 5) is 4.88. The Morgan fingerprint density at radius 2 is 2.00 bits per heavy atom. The third-order valence-electron chi connectivity index (χ3n) is 1.46. The van der Waals surface area contributed by atoms with E-state index in [4.69, 9.17) is 4.84 Å². The minimum absolute atomic E-state index is 0.720. The highest BCUT2D eigenvalue weighted by Gasteiger charge is 1.95. The summed E-state index contributed by atoms with van der Waals surface area (Å²) in [7, 11) is 5.27. The number of hydrogen-bond donors (Lipinski definition) is 0. The molecule has 1 aromatic carbocycles. The molecule has 2 heteroatoms. The van der Waals surface area contributed by atoms with Gasteiger partial charge in [0.1, 0.15) is 0 Å². The molecule has 1 radical (unpaired) electrons. The maximum absolute atomic E-state index is 4.88. The van der Waals surface area contributed by atoms with E-state index in [1.807, 2.05) is 30.3 Å². The number of nitrogens with zero attached hydrogens (tertiary/aromatic N) is 1. The highest BCUT2D eigenvalue weighted by atomic mass is 16.7. The van der Waals surface area contributed by atoms with Crippen molar-refractivity contribution in [3.63, 3.8) is 0 Å². The van der Waals surface area contributed by atoms with Crippen LogP contribution in [0.3, 0.4) is 0 Å². The van der Waals surface area contributed by atoms with Crippen LogP contribution in [0.25, 0.3) is 0 Å². The van der Waals surface area contributed by atoms with E-state index < -0.39 is 0 Å². The fourth-order valence-corrected chi connectivity index (χ4v) is 0.852. The van der Waals surface area contributed by atoms with Crippen molar-refractivity contribution in [1.29, 1.82) is 0 Å². The van der Waals surface area contributed by atoms with Crippen LogP contribution in [-0.4, -0.2) is 12.2 Å². The van der Waals surface area contributed by atoms with Gasteiger partial charge in [-0.2, -0.15) is 5.06 Å². The monoisotopic (exact) mass is 150 g/mol. The van der Waals surface area contributed by atoms with Gasteiger partial charge in [-0.3, -0.25) is 0 Å². The predicted molar refractivity (Wildman–Crippen MR) is 44.4 cm³/mol. The van der Waals surface area contributed by atoms with Crippen LogP contribution < -0.4 is 0 Å². The lowest BCUT2D eigenvalue weighted by Gasteiger charge is -2.12. The summed E-state index contributed by atoms with van der Waals surface area (Å²) in [6.07, 6.45) is 0. The average molecular weight is 150 g/mol. The minimum Gasteiger partial charge on any atom is -0.302 e. The lowest BCUT2D eigenvalue weighted by molar-refractivity contribution is -0.0985. The van der Waals surface area contributed by atoms with E-state index in [9.17, 15) is 0 Å². The average Bonchev–Trinajstić information content (AvgIpc) is 2.06. The maximum atomic E-state index is 4.88. The molecular weight excluding hydrogens is 138 g/mol. The molecule has 11 heavy (non-hydrogen) atoms. The van der Waals surface area contributed by atoms with E-state index in [0.29, 0.717) is 0 Å². The van der Waals surface area contributed by atoms with E-state index in [1.54, 1.807) is 7.11 Å². The summed E-state index contributed by atoms with van der Waals surface area (Å²) in [6.45, 7) is 0.720. The van der Waals surface area contributed by atoms with Gasteiger partial charge in [0, 0.05) is 13.6 Å². The van der Waals surface area contributed by atoms with Crippen molar-refractivity contribution in [3.8, 4) is 0 Å². The van der Waals surface area contributed by atoms with Crippen LogP contribution in [0.5, 0.6) is 0 Å². The van der Waals surface area contributed by atoms with Crippen molar-refractivity contribution in [2.24, 2.45) is 0 Å². The minimum atomic E-state index is 0.720. The molecule has 0 unspecified atom stereocenters. The van der Waals surface area contributed by atoms with Gasteiger partial charge in [-0.1, -0.05) is 30.3 Å². The molecule has 59 valence electrons. The zero-order chi connectivity index (χ0) is 8.10. The van der Waals surface area contributed by atoms with Gasteiger partial charge in [0.2, 0.25) is 0 Å². The third kappa shape index (κ3) is 2.70. The molecule has 0 spiro atoms. The molecule has 1 aromatic rings. The second kappa shape index (κ2) is 4.11. The summed E-state index contributed by atoms with van der Waals surface area (Å²) in [5.74, 6) is 0. The summed E-state index contributed by atoms with van der Waals surface area (Å²) in [6, 6.07) is 10.1. The molecule has 0 heterocycles. The summed E-state index contributed by atoms with van der Waals surface area (Å²) in [5.41, 5.74) is 1.20. The normalized spacial score (nSPS) is 10.5. The largest absolute Gasteiger partial charge is 0.302 e. The van der Waals surface area contributed by atoms with E-state index in [2.05, 4.69) is 7.05 Å². The van der Waals surface area contributed by atoms with Gasteiger partial charge in [-0.05, 0) is 5.56 Å². The van der Waals surface area contributed by atoms with Crippen molar-refractivity contribution < 1.29 is 4.84 Å². The molecule has 0 saturated carbocycles. The van der Waals surface area contributed by atoms with Crippen LogP contribution in [0.15, 0.2) is 30.3 Å². The molecule has 0 atom stereocenters. The van der Waals surface area contributed by atoms with Crippen molar-refractivity contribution in [2.45, 2.75) is 6.54 Å². The first-order chi connectivity index (χ1) is 5.33. The van der Waals surface area contributed by atoms with Gasteiger partial charge < -0.3 is 4.84 Å². The first kappa shape index (κ1) is 8.24. The summed E-state index contributed by atoms with van der Waals surface area (Å²) < 4.78 is 0. The molecular formula is C9H12NO. The number of benzene rings is 1. The Morgan fingerprint density at radius 3 is 2.55 bits per heavy atom. The molecule has 0 bridgehead atoms. The molecule has 0 N–H and O–H groups in total. The SMILES string of the molecule is [CH2]N(Cc1ccccc1)OC. The fraction of sp³-hybridized carbons (Fsp3) is 0.222. The molecule has 0 saturated heterocycles. The fourth-order valence-electron chi connectivity index (χ4n) is 0.852. The van der Waals surface area contributed by atoms with Crippen LogP contribution >= 0.6 is 0 Å². The molecule has 0 aromatic heterocycles. The zero-order valence-corrected chi connectivity index (χ0v) is 6.66. The second-order valence-electron chi connectivity index (χ2n) is 2.31. The van der Waals surface area contributed by atoms with E-state index in [1.165, 1.54) is 10.6 Å². The van der Waals surface area contributed by atoms with Gasteiger partial charge in [-0.25, -0.2) is 0 Å². The van der Waals surface area contributed by atoms with Gasteiger partial charge in [0.15, 0.2) is 0 Å². The van der Waals surface area contributed by atoms with Crippen LogP contribution in [0.2, 0.25) is 0 Å². The Hall–Kier alpha value is -0.860. The third-order valence-corrected chi connectivity index (χ3v) is 1.46. The molecule has 0 fully saturated rings. The van der Waals surface area contributed by atoms with Gasteiger partial charge in [-0.15, -0.1) is 0 Å². The Bertz CT molecular complexity index is 198. The molecule has 0 aliphatic heterocycles. The van der Waals surface area contributed by atoms with Gasteiger partial charge in [0.05, 0.1) is 7.11 Å². The molecule has 0 aliphatic rings. The molecule has 2 nitrogen and oxygen atoms in total. The predicted octanol–water partition coefficient (Wildman–Crippen LogP) is 1.84. The van der Waals surface area contributed by atoms with Crippen LogP contribution in [0.4, 0.5) is 0 Å². The lowest BCUT2D eigenvalue weighted by Crippen LogP contribution is -2.12. The van der Waals surface area contributed by atoms with Crippen molar-refractivity contribution in [1.82, 2.24) is 5.06 Å². The topological polar surface area (TPSA) is 12.5 Å². The Balaban J connectivity index is 2.51. The Kier molecular flexibility index (Phi) is 3.08. The van der Waals surface area contributed by atoms with Gasteiger partial charge >= 0.3 is 0 Å². The summed E-state index contributed by atoms with van der Waals surface area (Å²) >= 11 is 0. The van der Waals surface area contributed by atoms with Crippen LogP contribution in [0, 0.1) is 7.05 Å². The maximum Gasteiger partial charge on any atom is 0.0575 e. The van der Waals surface area contributed by atoms with E-state index in [-0.39, 0.29) is 0 Å². The smallest absolute Gasteiger partial charge is 0.0575 e. The number of hydrogen-bond acceptors (Lipinski definition) is 2. The highest BCUT2D eigenvalue weighted by Crippen LogP contribution is 2.02. The first-order valence-corrected chi connectivity index (χ1v) is 3.49. The number of rotatable bonds is 3. The zero-order valence-electron chi connectivity index (χ0n) is 6.66. The van der Waals surface area contributed by atoms with E-state index in [0.717, 1.165) is 6.54 Å². The van der Waals surface area contributed by atoms with Crippen molar-refractivity contribution >= 4 is 0 Å². The van der Waals surface area contributed by atoms with Gasteiger partial charge in [0.25, 0.3) is 0 Å². The Morgan fingerprint density at radius 1 is 1.36 bits per heavy atom. The lowest BCUT2D eigenvalue weighted by atomic mass is 10.2.